The largest absolute Gasteiger partial charge is 0.507 e. The topological polar surface area (TPSA) is 66.4 Å². The number of nitrogens with one attached hydrogen (secondary N) is 1. The number of phenolic OH excluding ortho intramolecular Hbond substituents is 1. The van der Waals surface area contributed by atoms with Crippen molar-refractivity contribution in [2.24, 2.45) is 5.92 Å². The molecule has 0 saturated carbocycles. The molecule has 1 atom stereocenters. The van der Waals surface area contributed by atoms with E-state index in [0.29, 0.717) is 11.3 Å². The maximum atomic E-state index is 12.4. The van der Waals surface area contributed by atoms with E-state index in [-0.39, 0.29) is 34.4 Å². The van der Waals surface area contributed by atoms with Crippen molar-refractivity contribution in [3.05, 3.63) is 52.9 Å². The molecule has 3 rings (SSSR count). The molecule has 90 valence electrons. The molecule has 1 aliphatic carbocycles. The van der Waals surface area contributed by atoms with Crippen molar-refractivity contribution < 1.29 is 14.7 Å². The van der Waals surface area contributed by atoms with E-state index < -0.39 is 0 Å². The van der Waals surface area contributed by atoms with Crippen LogP contribution < -0.4 is 5.32 Å². The first-order chi connectivity index (χ1) is 8.61. The van der Waals surface area contributed by atoms with E-state index in [0.717, 1.165) is 0 Å². The lowest BCUT2D eigenvalue weighted by Crippen LogP contribution is -2.32. The van der Waals surface area contributed by atoms with Crippen LogP contribution in [0.3, 0.4) is 0 Å². The van der Waals surface area contributed by atoms with Gasteiger partial charge in [0.2, 0.25) is 5.78 Å². The third kappa shape index (κ3) is 1.26. The lowest BCUT2D eigenvalue weighted by Gasteiger charge is -2.26. The van der Waals surface area contributed by atoms with Crippen molar-refractivity contribution in [3.63, 3.8) is 0 Å². The Morgan fingerprint density at radius 1 is 1.22 bits per heavy atom. The number of fused-ring (bicyclic) bond motifs is 1. The van der Waals surface area contributed by atoms with Gasteiger partial charge in [-0.15, -0.1) is 0 Å². The fourth-order valence-corrected chi connectivity index (χ4v) is 2.42. The van der Waals surface area contributed by atoms with E-state index in [2.05, 4.69) is 5.32 Å². The first kappa shape index (κ1) is 10.8. The van der Waals surface area contributed by atoms with Crippen LogP contribution >= 0.6 is 0 Å². The fourth-order valence-electron chi connectivity index (χ4n) is 2.42. The molecule has 0 amide bonds. The minimum atomic E-state index is -0.276. The predicted molar refractivity (Wildman–Crippen MR) is 65.2 cm³/mol. The van der Waals surface area contributed by atoms with Crippen LogP contribution in [0.15, 0.2) is 41.7 Å². The van der Waals surface area contributed by atoms with Gasteiger partial charge in [-0.25, -0.2) is 0 Å². The van der Waals surface area contributed by atoms with Crippen LogP contribution in [0.1, 0.15) is 27.6 Å². The fraction of sp³-hybridized carbons (Fsp3) is 0.143. The second-order valence-electron chi connectivity index (χ2n) is 4.44. The Hall–Kier alpha value is -2.36. The van der Waals surface area contributed by atoms with Gasteiger partial charge >= 0.3 is 0 Å². The number of carbonyl (C=O) groups excluding carboxylic acids is 2. The second kappa shape index (κ2) is 3.57. The summed E-state index contributed by atoms with van der Waals surface area (Å²) >= 11 is 0. The Bertz CT molecular complexity index is 640. The van der Waals surface area contributed by atoms with Gasteiger partial charge in [0.25, 0.3) is 0 Å². The highest BCUT2D eigenvalue weighted by atomic mass is 16.3. The minimum Gasteiger partial charge on any atom is -0.507 e. The minimum absolute atomic E-state index is 0.116. The van der Waals surface area contributed by atoms with Crippen LogP contribution in [0, 0.1) is 5.92 Å². The number of ketones is 2. The Balaban J connectivity index is 2.27. The van der Waals surface area contributed by atoms with Gasteiger partial charge in [0, 0.05) is 17.1 Å². The van der Waals surface area contributed by atoms with Gasteiger partial charge in [-0.1, -0.05) is 19.1 Å². The number of dihydropyridines is 1. The lowest BCUT2D eigenvalue weighted by atomic mass is 9.80. The summed E-state index contributed by atoms with van der Waals surface area (Å²) in [5.74, 6) is -0.793. The van der Waals surface area contributed by atoms with E-state index in [9.17, 15) is 14.7 Å². The molecule has 1 unspecified atom stereocenters. The van der Waals surface area contributed by atoms with Crippen LogP contribution in [0.2, 0.25) is 0 Å². The van der Waals surface area contributed by atoms with Gasteiger partial charge in [0.05, 0.1) is 11.3 Å². The van der Waals surface area contributed by atoms with Crippen molar-refractivity contribution >= 4 is 11.6 Å². The summed E-state index contributed by atoms with van der Waals surface area (Å²) in [6.45, 7) is 1.85. The van der Waals surface area contributed by atoms with Crippen LogP contribution in [0.4, 0.5) is 0 Å². The summed E-state index contributed by atoms with van der Waals surface area (Å²) in [6, 6.07) is 4.54. The maximum absolute atomic E-state index is 12.4. The molecule has 0 fully saturated rings. The van der Waals surface area contributed by atoms with Gasteiger partial charge in [0.15, 0.2) is 5.78 Å². The number of rotatable bonds is 0. The van der Waals surface area contributed by atoms with Gasteiger partial charge in [-0.3, -0.25) is 9.59 Å². The molecule has 0 radical (unpaired) electrons. The Labute approximate surface area is 104 Å². The van der Waals surface area contributed by atoms with Crippen molar-refractivity contribution in [1.29, 1.82) is 0 Å². The summed E-state index contributed by atoms with van der Waals surface area (Å²) < 4.78 is 0. The van der Waals surface area contributed by atoms with Crippen LogP contribution in [-0.4, -0.2) is 16.7 Å². The van der Waals surface area contributed by atoms with Gasteiger partial charge in [0.1, 0.15) is 5.75 Å². The number of benzene rings is 1. The van der Waals surface area contributed by atoms with E-state index in [4.69, 9.17) is 0 Å². The molecule has 4 nitrogen and oxygen atoms in total. The molecule has 2 aliphatic rings. The lowest BCUT2D eigenvalue weighted by molar-refractivity contribution is 0.0960. The Morgan fingerprint density at radius 3 is 2.78 bits per heavy atom. The first-order valence-corrected chi connectivity index (χ1v) is 5.70. The third-order valence-electron chi connectivity index (χ3n) is 3.32. The second-order valence-corrected chi connectivity index (χ2v) is 4.44. The summed E-state index contributed by atoms with van der Waals surface area (Å²) in [5.41, 5.74) is 1.13. The molecule has 0 bridgehead atoms. The summed E-state index contributed by atoms with van der Waals surface area (Å²) in [5, 5.41) is 12.6. The normalized spacial score (nSPS) is 21.5. The molecule has 4 heteroatoms. The summed E-state index contributed by atoms with van der Waals surface area (Å²) in [6.07, 6.45) is 3.48. The number of allylic oxidation sites excluding steroid dienone is 3. The van der Waals surface area contributed by atoms with Gasteiger partial charge in [-0.2, -0.15) is 0 Å². The smallest absolute Gasteiger partial charge is 0.210 e. The van der Waals surface area contributed by atoms with E-state index in [1.807, 2.05) is 13.0 Å². The molecule has 0 spiro atoms. The molecule has 1 aliphatic heterocycles. The van der Waals surface area contributed by atoms with Crippen molar-refractivity contribution in [2.45, 2.75) is 6.92 Å². The summed E-state index contributed by atoms with van der Waals surface area (Å²) in [7, 11) is 0. The average molecular weight is 241 g/mol. The summed E-state index contributed by atoms with van der Waals surface area (Å²) in [4.78, 5) is 24.7. The number of aromatic hydroxyl groups is 1. The van der Waals surface area contributed by atoms with Crippen LogP contribution in [-0.2, 0) is 0 Å². The van der Waals surface area contributed by atoms with Crippen molar-refractivity contribution in [3.8, 4) is 5.75 Å². The van der Waals surface area contributed by atoms with Crippen molar-refractivity contribution in [2.75, 3.05) is 0 Å². The monoisotopic (exact) mass is 241 g/mol. The standard InChI is InChI=1S/C14H11NO3/c1-7-5-6-15-12-10(7)14(18)11-8(13(12)17)3-2-4-9(11)16/h2-7,15-16H,1H3. The molecule has 1 aromatic carbocycles. The zero-order valence-electron chi connectivity index (χ0n) is 9.73. The van der Waals surface area contributed by atoms with E-state index in [1.54, 1.807) is 18.3 Å². The Kier molecular flexibility index (Phi) is 2.13. The quantitative estimate of drug-likeness (QED) is 0.726. The number of Topliss-reactive ketones (excluding diaryl/α,β-unsaturated/α-hetero) is 2. The highest BCUT2D eigenvalue weighted by molar-refractivity contribution is 6.28. The molecule has 0 aromatic heterocycles. The zero-order valence-corrected chi connectivity index (χ0v) is 9.73. The number of carbonyl (C=O) groups is 2. The average Bonchev–Trinajstić information content (AvgIpc) is 2.35. The molecule has 1 heterocycles. The third-order valence-corrected chi connectivity index (χ3v) is 3.32. The molecular formula is C14H11NO3. The van der Waals surface area contributed by atoms with E-state index >= 15 is 0 Å². The highest BCUT2D eigenvalue weighted by Crippen LogP contribution is 2.35. The molecule has 2 N–H and O–H groups in total. The van der Waals surface area contributed by atoms with Crippen LogP contribution in [0.5, 0.6) is 5.75 Å². The number of hydrogen-bond donors (Lipinski definition) is 2. The molecule has 1 aromatic rings. The molecule has 0 saturated heterocycles. The van der Waals surface area contributed by atoms with E-state index in [1.165, 1.54) is 6.07 Å². The maximum Gasteiger partial charge on any atom is 0.210 e. The number of phenols is 1. The number of hydrogen-bond acceptors (Lipinski definition) is 4. The molecule has 18 heavy (non-hydrogen) atoms. The zero-order chi connectivity index (χ0) is 12.9. The SMILES string of the molecule is CC1C=CNC2=C1C(=O)c1c(O)cccc1C2=O. The van der Waals surface area contributed by atoms with Gasteiger partial charge < -0.3 is 10.4 Å². The van der Waals surface area contributed by atoms with Crippen LogP contribution in [0.25, 0.3) is 0 Å². The highest BCUT2D eigenvalue weighted by Gasteiger charge is 2.36. The van der Waals surface area contributed by atoms with Gasteiger partial charge in [-0.05, 0) is 18.3 Å². The molecular weight excluding hydrogens is 230 g/mol. The first-order valence-electron chi connectivity index (χ1n) is 5.70. The predicted octanol–water partition coefficient (Wildman–Crippen LogP) is 1.78. The Morgan fingerprint density at radius 2 is 2.00 bits per heavy atom. The van der Waals surface area contributed by atoms with Crippen molar-refractivity contribution in [1.82, 2.24) is 5.32 Å².